The molecule has 2 heteroatoms. The molecule has 0 aromatic carbocycles. The van der Waals surface area contributed by atoms with Crippen molar-refractivity contribution in [1.82, 2.24) is 0 Å². The first kappa shape index (κ1) is 11.5. The van der Waals surface area contributed by atoms with Gasteiger partial charge < -0.3 is 4.74 Å². The first-order chi connectivity index (χ1) is 6.76. The molecule has 0 radical (unpaired) electrons. The van der Waals surface area contributed by atoms with E-state index in [2.05, 4.69) is 19.9 Å². The van der Waals surface area contributed by atoms with Crippen LogP contribution in [0.2, 0.25) is 0 Å². The number of nitrogens with zero attached hydrogens (tertiary/aromatic N) is 1. The van der Waals surface area contributed by atoms with E-state index in [9.17, 15) is 5.26 Å². The summed E-state index contributed by atoms with van der Waals surface area (Å²) in [6.07, 6.45) is 5.32. The minimum Gasteiger partial charge on any atom is -0.381 e. The fourth-order valence-corrected chi connectivity index (χ4v) is 2.25. The quantitative estimate of drug-likeness (QED) is 0.690. The van der Waals surface area contributed by atoms with E-state index < -0.39 is 0 Å². The first-order valence-electron chi connectivity index (χ1n) is 5.75. The van der Waals surface area contributed by atoms with Crippen molar-refractivity contribution in [3.05, 3.63) is 0 Å². The second kappa shape index (κ2) is 5.36. The van der Waals surface area contributed by atoms with Crippen molar-refractivity contribution in [2.45, 2.75) is 46.0 Å². The molecule has 0 spiro atoms. The maximum Gasteiger partial charge on any atom is 0.0691 e. The molecular formula is C12H21NO. The van der Waals surface area contributed by atoms with Gasteiger partial charge in [0.1, 0.15) is 0 Å². The Balaban J connectivity index is 2.56. The van der Waals surface area contributed by atoms with Crippen molar-refractivity contribution in [3.8, 4) is 6.07 Å². The molecule has 0 unspecified atom stereocenters. The van der Waals surface area contributed by atoms with Crippen LogP contribution in [0.4, 0.5) is 0 Å². The van der Waals surface area contributed by atoms with Gasteiger partial charge in [0.15, 0.2) is 0 Å². The van der Waals surface area contributed by atoms with Crippen molar-refractivity contribution < 1.29 is 4.74 Å². The molecule has 80 valence electrons. The van der Waals surface area contributed by atoms with Crippen LogP contribution in [0.15, 0.2) is 0 Å². The van der Waals surface area contributed by atoms with E-state index in [-0.39, 0.29) is 5.41 Å². The summed E-state index contributed by atoms with van der Waals surface area (Å²) in [5, 5.41) is 9.28. The maximum absolute atomic E-state index is 9.28. The van der Waals surface area contributed by atoms with E-state index in [1.54, 1.807) is 0 Å². The monoisotopic (exact) mass is 195 g/mol. The van der Waals surface area contributed by atoms with Gasteiger partial charge in [0.2, 0.25) is 0 Å². The van der Waals surface area contributed by atoms with Crippen molar-refractivity contribution >= 4 is 0 Å². The Morgan fingerprint density at radius 1 is 1.29 bits per heavy atom. The zero-order valence-corrected chi connectivity index (χ0v) is 9.38. The lowest BCUT2D eigenvalue weighted by atomic mass is 9.73. The number of nitriles is 1. The van der Waals surface area contributed by atoms with Gasteiger partial charge in [-0.1, -0.05) is 26.7 Å². The Morgan fingerprint density at radius 2 is 1.86 bits per heavy atom. The highest BCUT2D eigenvalue weighted by molar-refractivity contribution is 5.00. The molecule has 0 aromatic heterocycles. The van der Waals surface area contributed by atoms with Crippen molar-refractivity contribution in [3.63, 3.8) is 0 Å². The molecule has 0 aliphatic carbocycles. The van der Waals surface area contributed by atoms with E-state index in [0.717, 1.165) is 32.5 Å². The Labute approximate surface area is 87.3 Å². The van der Waals surface area contributed by atoms with E-state index in [1.807, 2.05) is 0 Å². The Hall–Kier alpha value is -0.550. The molecule has 0 saturated carbocycles. The largest absolute Gasteiger partial charge is 0.381 e. The molecule has 1 fully saturated rings. The second-order valence-electron chi connectivity index (χ2n) is 4.39. The van der Waals surface area contributed by atoms with Crippen LogP contribution in [-0.4, -0.2) is 13.2 Å². The van der Waals surface area contributed by atoms with Crippen LogP contribution in [0, 0.1) is 22.7 Å². The van der Waals surface area contributed by atoms with Crippen LogP contribution < -0.4 is 0 Å². The lowest BCUT2D eigenvalue weighted by Gasteiger charge is -2.33. The molecule has 0 bridgehead atoms. The minimum absolute atomic E-state index is 0.0745. The van der Waals surface area contributed by atoms with E-state index in [4.69, 9.17) is 4.74 Å². The third kappa shape index (κ3) is 2.72. The van der Waals surface area contributed by atoms with Crippen LogP contribution in [0.5, 0.6) is 0 Å². The van der Waals surface area contributed by atoms with E-state index in [1.165, 1.54) is 12.8 Å². The first-order valence-corrected chi connectivity index (χ1v) is 5.75. The highest BCUT2D eigenvalue weighted by atomic mass is 16.5. The molecule has 14 heavy (non-hydrogen) atoms. The van der Waals surface area contributed by atoms with Crippen molar-refractivity contribution in [2.75, 3.05) is 13.2 Å². The second-order valence-corrected chi connectivity index (χ2v) is 4.39. The zero-order chi connectivity index (χ0) is 10.4. The van der Waals surface area contributed by atoms with Gasteiger partial charge in [-0.15, -0.1) is 0 Å². The Morgan fingerprint density at radius 3 is 2.29 bits per heavy atom. The summed E-state index contributed by atoms with van der Waals surface area (Å²) in [7, 11) is 0. The third-order valence-electron chi connectivity index (χ3n) is 3.52. The summed E-state index contributed by atoms with van der Waals surface area (Å²) in [5.74, 6) is 0.716. The molecule has 0 amide bonds. The van der Waals surface area contributed by atoms with Gasteiger partial charge in [-0.2, -0.15) is 5.26 Å². The predicted octanol–water partition coefficient (Wildman–Crippen LogP) is 3.13. The summed E-state index contributed by atoms with van der Waals surface area (Å²) in [5.41, 5.74) is -0.0745. The van der Waals surface area contributed by atoms with Crippen LogP contribution in [-0.2, 0) is 4.74 Å². The lowest BCUT2D eigenvalue weighted by molar-refractivity contribution is 0.0292. The van der Waals surface area contributed by atoms with Gasteiger partial charge in [-0.25, -0.2) is 0 Å². The summed E-state index contributed by atoms with van der Waals surface area (Å²) in [4.78, 5) is 0. The molecule has 1 aliphatic heterocycles. The van der Waals surface area contributed by atoms with Gasteiger partial charge in [0, 0.05) is 13.2 Å². The highest BCUT2D eigenvalue weighted by Crippen LogP contribution is 2.37. The molecular weight excluding hydrogens is 174 g/mol. The lowest BCUT2D eigenvalue weighted by Crippen LogP contribution is -2.30. The molecule has 0 N–H and O–H groups in total. The number of ether oxygens (including phenoxy) is 1. The van der Waals surface area contributed by atoms with Gasteiger partial charge in [0.05, 0.1) is 11.5 Å². The molecule has 2 nitrogen and oxygen atoms in total. The predicted molar refractivity (Wildman–Crippen MR) is 56.8 cm³/mol. The number of rotatable bonds is 4. The highest BCUT2D eigenvalue weighted by Gasteiger charge is 2.34. The average Bonchev–Trinajstić information content (AvgIpc) is 2.27. The minimum atomic E-state index is -0.0745. The zero-order valence-electron chi connectivity index (χ0n) is 9.38. The molecule has 0 atom stereocenters. The molecule has 1 saturated heterocycles. The van der Waals surface area contributed by atoms with Crippen LogP contribution in [0.1, 0.15) is 46.0 Å². The fraction of sp³-hybridized carbons (Fsp3) is 0.917. The standard InChI is InChI=1S/C12H21NO/c1-3-11(4-2)9-12(10-13)5-7-14-8-6-12/h11H,3-9H2,1-2H3. The van der Waals surface area contributed by atoms with Crippen LogP contribution >= 0.6 is 0 Å². The molecule has 0 aromatic rings. The fourth-order valence-electron chi connectivity index (χ4n) is 2.25. The van der Waals surface area contributed by atoms with Gasteiger partial charge in [-0.3, -0.25) is 0 Å². The van der Waals surface area contributed by atoms with Crippen molar-refractivity contribution in [2.24, 2.45) is 11.3 Å². The number of hydrogen-bond donors (Lipinski definition) is 0. The Bertz CT molecular complexity index is 197. The van der Waals surface area contributed by atoms with Gasteiger partial charge in [0.25, 0.3) is 0 Å². The summed E-state index contributed by atoms with van der Waals surface area (Å²) in [6, 6.07) is 2.54. The third-order valence-corrected chi connectivity index (χ3v) is 3.52. The molecule has 1 heterocycles. The SMILES string of the molecule is CCC(CC)CC1(C#N)CCOCC1. The van der Waals surface area contributed by atoms with Gasteiger partial charge >= 0.3 is 0 Å². The normalized spacial score (nSPS) is 20.7. The van der Waals surface area contributed by atoms with Crippen LogP contribution in [0.25, 0.3) is 0 Å². The summed E-state index contributed by atoms with van der Waals surface area (Å²) in [6.45, 7) is 5.98. The van der Waals surface area contributed by atoms with Crippen molar-refractivity contribution in [1.29, 1.82) is 5.26 Å². The van der Waals surface area contributed by atoms with Crippen LogP contribution in [0.3, 0.4) is 0 Å². The molecule has 1 aliphatic rings. The number of hydrogen-bond acceptors (Lipinski definition) is 2. The summed E-state index contributed by atoms with van der Waals surface area (Å²) < 4.78 is 5.32. The van der Waals surface area contributed by atoms with Gasteiger partial charge in [-0.05, 0) is 25.2 Å². The van der Waals surface area contributed by atoms with E-state index in [0.29, 0.717) is 5.92 Å². The molecule has 1 rings (SSSR count). The Kier molecular flexibility index (Phi) is 4.41. The van der Waals surface area contributed by atoms with E-state index >= 15 is 0 Å². The topological polar surface area (TPSA) is 33.0 Å². The summed E-state index contributed by atoms with van der Waals surface area (Å²) >= 11 is 0. The maximum atomic E-state index is 9.28. The smallest absolute Gasteiger partial charge is 0.0691 e. The average molecular weight is 195 g/mol.